The number of ketones is 1. The summed E-state index contributed by atoms with van der Waals surface area (Å²) in [5, 5.41) is 8.36. The molecule has 0 aromatic carbocycles. The number of aliphatic hydroxyl groups excluding tert-OH is 1. The first-order valence-corrected chi connectivity index (χ1v) is 16.0. The van der Waals surface area contributed by atoms with E-state index in [4.69, 9.17) is 60.9 Å². The van der Waals surface area contributed by atoms with Gasteiger partial charge in [0.1, 0.15) is 0 Å². The van der Waals surface area contributed by atoms with Crippen LogP contribution in [0.15, 0.2) is 11.8 Å². The van der Waals surface area contributed by atoms with E-state index in [0.29, 0.717) is 0 Å². The van der Waals surface area contributed by atoms with E-state index < -0.39 is 7.66 Å². The molecule has 0 unspecified atom stereocenters. The Balaban J connectivity index is -0.000000180. The molecule has 0 aliphatic carbocycles. The molecule has 0 fully saturated rings. The number of carbonyl (C=O) groups excluding carboxylic acids is 1. The maximum Gasteiger partial charge on any atom is 4.00 e. The fourth-order valence-electron chi connectivity index (χ4n) is 0.294. The Bertz CT molecular complexity index is 237. The van der Waals surface area contributed by atoms with E-state index >= 15 is 0 Å². The van der Waals surface area contributed by atoms with Crippen LogP contribution in [0.4, 0.5) is 0 Å². The summed E-state index contributed by atoms with van der Waals surface area (Å²) in [5.74, 6) is -0.0625. The zero-order valence-corrected chi connectivity index (χ0v) is 15.4. The van der Waals surface area contributed by atoms with Crippen molar-refractivity contribution in [2.24, 2.45) is 0 Å². The quantitative estimate of drug-likeness (QED) is 0.369. The van der Waals surface area contributed by atoms with Crippen molar-refractivity contribution in [3.63, 3.8) is 0 Å². The van der Waals surface area contributed by atoms with E-state index in [-0.39, 0.29) is 33.3 Å². The third-order valence-electron chi connectivity index (χ3n) is 0.412. The standard InChI is InChI=1S/C5H8O2.6ClH.2Ti/c1-4(6)3-5(2)7;;;;;;;;/h3,6H,1-2H3;6*1H;;/q;;;;;;;2*+4/p-6. The zero-order valence-electron chi connectivity index (χ0n) is 7.70. The van der Waals surface area contributed by atoms with E-state index in [1.54, 1.807) is 0 Å². The van der Waals surface area contributed by atoms with Gasteiger partial charge in [0.15, 0.2) is 5.78 Å². The summed E-state index contributed by atoms with van der Waals surface area (Å²) in [6.45, 7) is 2.85. The minimum Gasteiger partial charge on any atom is 4.00 e. The third kappa shape index (κ3) is 83.2. The van der Waals surface area contributed by atoms with Gasteiger partial charge in [-0.1, -0.05) is 0 Å². The Morgan fingerprint density at radius 2 is 1.27 bits per heavy atom. The number of allylic oxidation sites excluding steroid dienone is 2. The Morgan fingerprint density at radius 3 is 1.27 bits per heavy atom. The molecule has 0 saturated heterocycles. The molecular weight excluding hydrogens is 401 g/mol. The largest absolute Gasteiger partial charge is 4.00 e. The Kier molecular flexibility index (Phi) is 9.80. The first kappa shape index (κ1) is 22.5. The van der Waals surface area contributed by atoms with Crippen molar-refractivity contribution in [3.8, 4) is 0 Å². The van der Waals surface area contributed by atoms with E-state index in [0.717, 1.165) is 0 Å². The minimum absolute atomic E-state index is 0. The van der Waals surface area contributed by atoms with Gasteiger partial charge in [-0.2, -0.15) is 0 Å². The van der Waals surface area contributed by atoms with Crippen molar-refractivity contribution in [3.05, 3.63) is 11.8 Å². The molecule has 0 aromatic rings. The molecule has 0 bridgehead atoms. The molecule has 0 aliphatic heterocycles. The maximum absolute atomic E-state index is 10.0. The molecule has 0 aliphatic rings. The third-order valence-corrected chi connectivity index (χ3v) is 0.412. The average Bonchev–Trinajstić information content (AvgIpc) is 1.46. The van der Waals surface area contributed by atoms with Crippen molar-refractivity contribution in [2.75, 3.05) is 0 Å². The van der Waals surface area contributed by atoms with Crippen molar-refractivity contribution in [2.45, 2.75) is 13.8 Å². The molecule has 0 heterocycles. The second-order valence-corrected chi connectivity index (χ2v) is 41.2. The molecule has 0 spiro atoms. The zero-order chi connectivity index (χ0) is 12.3. The van der Waals surface area contributed by atoms with Gasteiger partial charge in [-0.05, 0) is 13.8 Å². The second-order valence-electron chi connectivity index (χ2n) is 2.47. The number of hydrogen-bond donors (Lipinski definition) is 1. The van der Waals surface area contributed by atoms with Gasteiger partial charge in [0, 0.05) is 6.08 Å². The number of carbonyl (C=O) groups is 1. The molecular formula is C5H8Cl6O2Ti2+2. The fourth-order valence-corrected chi connectivity index (χ4v) is 0.294. The Labute approximate surface area is 125 Å². The van der Waals surface area contributed by atoms with E-state index in [1.807, 2.05) is 0 Å². The minimum atomic E-state index is -5.33. The topological polar surface area (TPSA) is 37.3 Å². The summed E-state index contributed by atoms with van der Waals surface area (Å²) in [6.07, 6.45) is 1.17. The number of rotatable bonds is 1. The molecule has 0 radical (unpaired) electrons. The molecule has 0 atom stereocenters. The van der Waals surface area contributed by atoms with Crippen molar-refractivity contribution in [1.82, 2.24) is 0 Å². The second kappa shape index (κ2) is 6.52. The van der Waals surface area contributed by atoms with Gasteiger partial charge < -0.3 is 5.11 Å². The Hall–Kier alpha value is 2.38. The molecule has 10 heteroatoms. The van der Waals surface area contributed by atoms with Gasteiger partial charge in [0.05, 0.1) is 5.76 Å². The van der Waals surface area contributed by atoms with Crippen LogP contribution in [0, 0.1) is 0 Å². The van der Waals surface area contributed by atoms with Crippen LogP contribution >= 0.6 is 55.8 Å². The fraction of sp³-hybridized carbons (Fsp3) is 0.400. The molecule has 0 rings (SSSR count). The van der Waals surface area contributed by atoms with Crippen LogP contribution in [-0.2, 0) is 34.2 Å². The molecule has 0 aromatic heterocycles. The first-order valence-electron chi connectivity index (χ1n) is 3.14. The van der Waals surface area contributed by atoms with Crippen LogP contribution in [0.25, 0.3) is 0 Å². The van der Waals surface area contributed by atoms with Gasteiger partial charge >= 0.3 is 85.2 Å². The Morgan fingerprint density at radius 1 is 1.07 bits per heavy atom. The SMILES string of the molecule is CC(=O)C=C(C)O.[Cl][Ti-2]([Cl])([Cl])([Cl])([Cl])[Cl].[Ti+4]. The molecule has 15 heavy (non-hydrogen) atoms. The van der Waals surface area contributed by atoms with Crippen LogP contribution in [0.5, 0.6) is 0 Å². The summed E-state index contributed by atoms with van der Waals surface area (Å²) >= 11 is 0. The molecule has 1 N–H and O–H groups in total. The number of aliphatic hydroxyl groups is 1. The molecule has 88 valence electrons. The van der Waals surface area contributed by atoms with Gasteiger partial charge in [0.25, 0.3) is 0 Å². The van der Waals surface area contributed by atoms with Crippen molar-refractivity contribution in [1.29, 1.82) is 0 Å². The van der Waals surface area contributed by atoms with Crippen LogP contribution in [0.2, 0.25) is 0 Å². The van der Waals surface area contributed by atoms with Gasteiger partial charge in [-0.15, -0.1) is 0 Å². The van der Waals surface area contributed by atoms with Crippen molar-refractivity contribution >= 4 is 61.6 Å². The smallest absolute Gasteiger partial charge is 4.00 e. The van der Waals surface area contributed by atoms with Gasteiger partial charge in [-0.25, -0.2) is 0 Å². The number of hydrogen-bond acceptors (Lipinski definition) is 2. The normalized spacial score (nSPS) is 16.1. The number of halogens is 6. The predicted octanol–water partition coefficient (Wildman–Crippen LogP) is 5.17. The molecule has 2 nitrogen and oxygen atoms in total. The average molecular weight is 409 g/mol. The van der Waals surface area contributed by atoms with Crippen molar-refractivity contribution < 1.29 is 39.3 Å². The van der Waals surface area contributed by atoms with E-state index in [9.17, 15) is 4.79 Å². The van der Waals surface area contributed by atoms with Crippen LogP contribution in [0.3, 0.4) is 0 Å². The molecule has 0 amide bonds. The summed E-state index contributed by atoms with van der Waals surface area (Å²) in [4.78, 5) is 10.0. The van der Waals surface area contributed by atoms with Crippen LogP contribution in [0.1, 0.15) is 13.8 Å². The van der Waals surface area contributed by atoms with Gasteiger partial charge in [-0.3, -0.25) is 4.79 Å². The summed E-state index contributed by atoms with van der Waals surface area (Å²) < 4.78 is 0. The van der Waals surface area contributed by atoms with Gasteiger partial charge in [0.2, 0.25) is 0 Å². The summed E-state index contributed by atoms with van der Waals surface area (Å²) in [6, 6.07) is 0. The van der Waals surface area contributed by atoms with Crippen LogP contribution < -0.4 is 0 Å². The predicted molar refractivity (Wildman–Crippen MR) is 62.2 cm³/mol. The van der Waals surface area contributed by atoms with E-state index in [1.165, 1.54) is 19.9 Å². The monoisotopic (exact) mass is 406 g/mol. The molecule has 0 saturated carbocycles. The van der Waals surface area contributed by atoms with Crippen LogP contribution in [-0.4, -0.2) is 10.9 Å². The van der Waals surface area contributed by atoms with E-state index in [2.05, 4.69) is 0 Å². The maximum atomic E-state index is 10.0. The summed E-state index contributed by atoms with van der Waals surface area (Å²) in [5.41, 5.74) is 0. The summed E-state index contributed by atoms with van der Waals surface area (Å²) in [7, 11) is 25.0. The first-order chi connectivity index (χ1) is 5.58.